The largest absolute Gasteiger partial charge is 0.337 e. The molecule has 15 heavy (non-hydrogen) atoms. The Morgan fingerprint density at radius 3 is 2.67 bits per heavy atom. The van der Waals surface area contributed by atoms with Crippen LogP contribution in [0.25, 0.3) is 0 Å². The lowest BCUT2D eigenvalue weighted by Crippen LogP contribution is -2.65. The van der Waals surface area contributed by atoms with Gasteiger partial charge in [0.2, 0.25) is 5.91 Å². The molecule has 1 aliphatic heterocycles. The van der Waals surface area contributed by atoms with E-state index in [1.807, 2.05) is 6.92 Å². The molecule has 2 N–H and O–H groups in total. The summed E-state index contributed by atoms with van der Waals surface area (Å²) in [7, 11) is 0. The van der Waals surface area contributed by atoms with Crippen molar-refractivity contribution in [2.75, 3.05) is 6.54 Å². The molecule has 0 aromatic carbocycles. The molecule has 0 saturated carbocycles. The predicted octanol–water partition coefficient (Wildman–Crippen LogP) is 0.501. The summed E-state index contributed by atoms with van der Waals surface area (Å²) in [4.78, 5) is 24.4. The van der Waals surface area contributed by atoms with Crippen LogP contribution in [0.4, 0.5) is 0 Å². The molecule has 0 aromatic rings. The maximum atomic E-state index is 11.6. The summed E-state index contributed by atoms with van der Waals surface area (Å²) in [5, 5.41) is 10.1. The first-order valence-corrected chi connectivity index (χ1v) is 5.09. The van der Waals surface area contributed by atoms with Crippen LogP contribution in [0.3, 0.4) is 0 Å². The molecular formula is C10H17N3O2. The lowest BCUT2D eigenvalue weighted by molar-refractivity contribution is -0.142. The fourth-order valence-corrected chi connectivity index (χ4v) is 1.59. The van der Waals surface area contributed by atoms with E-state index in [1.165, 1.54) is 0 Å². The standard InChI is InChI=1S/C10H17N3O2/c1-4-5-7(11)13-6-8(14)12-9(15)10(13,2)3/h11H,4-6H2,1-3H3,(H,12,14,15). The number of nitrogens with one attached hydrogen (secondary N) is 2. The lowest BCUT2D eigenvalue weighted by Gasteiger charge is -2.41. The van der Waals surface area contributed by atoms with Crippen LogP contribution in [0.2, 0.25) is 0 Å². The van der Waals surface area contributed by atoms with E-state index in [-0.39, 0.29) is 18.4 Å². The van der Waals surface area contributed by atoms with Gasteiger partial charge in [-0.3, -0.25) is 20.3 Å². The maximum Gasteiger partial charge on any atom is 0.251 e. The molecule has 0 unspecified atom stereocenters. The van der Waals surface area contributed by atoms with Gasteiger partial charge in [0.25, 0.3) is 5.91 Å². The summed E-state index contributed by atoms with van der Waals surface area (Å²) in [6.45, 7) is 5.50. The Bertz CT molecular complexity index is 310. The van der Waals surface area contributed by atoms with Gasteiger partial charge in [0, 0.05) is 6.42 Å². The average molecular weight is 211 g/mol. The van der Waals surface area contributed by atoms with E-state index >= 15 is 0 Å². The predicted molar refractivity (Wildman–Crippen MR) is 56.6 cm³/mol. The van der Waals surface area contributed by atoms with Gasteiger partial charge in [-0.05, 0) is 20.3 Å². The van der Waals surface area contributed by atoms with Crippen molar-refractivity contribution in [2.24, 2.45) is 0 Å². The van der Waals surface area contributed by atoms with Crippen molar-refractivity contribution in [3.05, 3.63) is 0 Å². The molecule has 0 atom stereocenters. The molecule has 1 aliphatic rings. The smallest absolute Gasteiger partial charge is 0.251 e. The fraction of sp³-hybridized carbons (Fsp3) is 0.700. The second-order valence-corrected chi connectivity index (χ2v) is 4.22. The number of hydrogen-bond donors (Lipinski definition) is 2. The highest BCUT2D eigenvalue weighted by atomic mass is 16.2. The van der Waals surface area contributed by atoms with Gasteiger partial charge in [0.1, 0.15) is 5.54 Å². The molecule has 5 nitrogen and oxygen atoms in total. The number of carbonyl (C=O) groups excluding carboxylic acids is 2. The van der Waals surface area contributed by atoms with Gasteiger partial charge < -0.3 is 4.90 Å². The molecule has 84 valence electrons. The van der Waals surface area contributed by atoms with E-state index in [2.05, 4.69) is 5.32 Å². The van der Waals surface area contributed by atoms with Gasteiger partial charge in [-0.15, -0.1) is 0 Å². The van der Waals surface area contributed by atoms with Crippen molar-refractivity contribution < 1.29 is 9.59 Å². The number of amides is 2. The van der Waals surface area contributed by atoms with Gasteiger partial charge >= 0.3 is 0 Å². The zero-order valence-corrected chi connectivity index (χ0v) is 9.39. The van der Waals surface area contributed by atoms with Crippen LogP contribution in [0.15, 0.2) is 0 Å². The summed E-state index contributed by atoms with van der Waals surface area (Å²) in [5.74, 6) is -0.314. The molecule has 1 fully saturated rings. The molecular weight excluding hydrogens is 194 g/mol. The SMILES string of the molecule is CCCC(=N)N1CC(=O)NC(=O)C1(C)C. The minimum atomic E-state index is -0.805. The van der Waals surface area contributed by atoms with Crippen LogP contribution in [0.5, 0.6) is 0 Å². The molecule has 1 heterocycles. The summed E-state index contributed by atoms with van der Waals surface area (Å²) >= 11 is 0. The van der Waals surface area contributed by atoms with E-state index in [4.69, 9.17) is 5.41 Å². The van der Waals surface area contributed by atoms with Crippen LogP contribution in [-0.4, -0.2) is 34.6 Å². The Hall–Kier alpha value is -1.39. The van der Waals surface area contributed by atoms with Crippen molar-refractivity contribution in [1.82, 2.24) is 10.2 Å². The van der Waals surface area contributed by atoms with E-state index < -0.39 is 5.54 Å². The number of hydrogen-bond acceptors (Lipinski definition) is 3. The molecule has 1 saturated heterocycles. The third-order valence-corrected chi connectivity index (χ3v) is 2.60. The second kappa shape index (κ2) is 4.00. The first-order valence-electron chi connectivity index (χ1n) is 5.09. The van der Waals surface area contributed by atoms with Gasteiger partial charge in [0.05, 0.1) is 12.4 Å². The first kappa shape index (κ1) is 11.7. The van der Waals surface area contributed by atoms with Gasteiger partial charge in [-0.25, -0.2) is 0 Å². The Kier molecular flexibility index (Phi) is 3.12. The number of nitrogens with zero attached hydrogens (tertiary/aromatic N) is 1. The number of piperazine rings is 1. The molecule has 0 radical (unpaired) electrons. The highest BCUT2D eigenvalue weighted by molar-refractivity contribution is 6.06. The molecule has 0 aromatic heterocycles. The van der Waals surface area contributed by atoms with Crippen LogP contribution < -0.4 is 5.32 Å². The first-order chi connectivity index (χ1) is 6.89. The number of rotatable bonds is 2. The van der Waals surface area contributed by atoms with Crippen molar-refractivity contribution in [2.45, 2.75) is 39.2 Å². The van der Waals surface area contributed by atoms with E-state index in [0.717, 1.165) is 6.42 Å². The van der Waals surface area contributed by atoms with Crippen LogP contribution in [0.1, 0.15) is 33.6 Å². The van der Waals surface area contributed by atoms with Gasteiger partial charge in [-0.2, -0.15) is 0 Å². The Morgan fingerprint density at radius 1 is 1.53 bits per heavy atom. The third-order valence-electron chi connectivity index (χ3n) is 2.60. The molecule has 0 spiro atoms. The van der Waals surface area contributed by atoms with Crippen molar-refractivity contribution in [1.29, 1.82) is 5.41 Å². The van der Waals surface area contributed by atoms with Crippen molar-refractivity contribution >= 4 is 17.6 Å². The number of imide groups is 1. The quantitative estimate of drug-likeness (QED) is 0.397. The van der Waals surface area contributed by atoms with E-state index in [1.54, 1.807) is 18.7 Å². The Morgan fingerprint density at radius 2 is 2.13 bits per heavy atom. The zero-order chi connectivity index (χ0) is 11.6. The summed E-state index contributed by atoms with van der Waals surface area (Å²) in [5.41, 5.74) is -0.805. The molecule has 0 aliphatic carbocycles. The highest BCUT2D eigenvalue weighted by Gasteiger charge is 2.41. The summed E-state index contributed by atoms with van der Waals surface area (Å²) in [6.07, 6.45) is 1.42. The molecule has 2 amide bonds. The zero-order valence-electron chi connectivity index (χ0n) is 9.39. The van der Waals surface area contributed by atoms with Crippen molar-refractivity contribution in [3.63, 3.8) is 0 Å². The monoisotopic (exact) mass is 211 g/mol. The number of carbonyl (C=O) groups is 2. The van der Waals surface area contributed by atoms with Gasteiger partial charge in [-0.1, -0.05) is 6.92 Å². The van der Waals surface area contributed by atoms with Crippen LogP contribution >= 0.6 is 0 Å². The minimum absolute atomic E-state index is 0.0948. The lowest BCUT2D eigenvalue weighted by atomic mass is 9.98. The normalized spacial score (nSPS) is 20.1. The Balaban J connectivity index is 2.88. The van der Waals surface area contributed by atoms with Crippen molar-refractivity contribution in [3.8, 4) is 0 Å². The van der Waals surface area contributed by atoms with Crippen LogP contribution in [-0.2, 0) is 9.59 Å². The van der Waals surface area contributed by atoms with E-state index in [0.29, 0.717) is 12.3 Å². The highest BCUT2D eigenvalue weighted by Crippen LogP contribution is 2.19. The molecule has 0 bridgehead atoms. The third kappa shape index (κ3) is 2.16. The maximum absolute atomic E-state index is 11.6. The Labute approximate surface area is 89.3 Å². The summed E-state index contributed by atoms with van der Waals surface area (Å²) in [6, 6.07) is 0. The van der Waals surface area contributed by atoms with Crippen LogP contribution in [0, 0.1) is 5.41 Å². The molecule has 1 rings (SSSR count). The second-order valence-electron chi connectivity index (χ2n) is 4.22. The van der Waals surface area contributed by atoms with E-state index in [9.17, 15) is 9.59 Å². The minimum Gasteiger partial charge on any atom is -0.337 e. The molecule has 5 heteroatoms. The summed E-state index contributed by atoms with van der Waals surface area (Å²) < 4.78 is 0. The fourth-order valence-electron chi connectivity index (χ4n) is 1.59. The topological polar surface area (TPSA) is 73.3 Å². The van der Waals surface area contributed by atoms with Gasteiger partial charge in [0.15, 0.2) is 0 Å². The number of amidine groups is 1. The average Bonchev–Trinajstić information content (AvgIpc) is 2.12.